The van der Waals surface area contributed by atoms with Gasteiger partial charge >= 0.3 is 0 Å². The quantitative estimate of drug-likeness (QED) is 0.446. The van der Waals surface area contributed by atoms with Gasteiger partial charge in [-0.3, -0.25) is 14.7 Å². The first-order valence-corrected chi connectivity index (χ1v) is 3.86. The van der Waals surface area contributed by atoms with E-state index in [4.69, 9.17) is 10.8 Å². The molecule has 0 bridgehead atoms. The van der Waals surface area contributed by atoms with Crippen molar-refractivity contribution in [1.82, 2.24) is 15.5 Å². The van der Waals surface area contributed by atoms with Crippen LogP contribution in [0.2, 0.25) is 0 Å². The summed E-state index contributed by atoms with van der Waals surface area (Å²) in [5.41, 5.74) is 5.03. The van der Waals surface area contributed by atoms with Crippen molar-refractivity contribution in [2.45, 2.75) is 6.10 Å². The highest BCUT2D eigenvalue weighted by molar-refractivity contribution is 5.92. The molecule has 5 N–H and O–H groups in total. The highest BCUT2D eigenvalue weighted by Gasteiger charge is 2.13. The van der Waals surface area contributed by atoms with Crippen LogP contribution in [0.5, 0.6) is 0 Å². The van der Waals surface area contributed by atoms with Crippen LogP contribution in [0.3, 0.4) is 0 Å². The summed E-state index contributed by atoms with van der Waals surface area (Å²) in [7, 11) is 0. The molecule has 1 aromatic rings. The number of primary amides is 1. The van der Waals surface area contributed by atoms with Gasteiger partial charge in [0.25, 0.3) is 5.91 Å². The van der Waals surface area contributed by atoms with E-state index in [1.54, 1.807) is 0 Å². The maximum atomic E-state index is 11.2. The molecule has 1 unspecified atom stereocenters. The number of aromatic nitrogens is 2. The van der Waals surface area contributed by atoms with E-state index in [9.17, 15) is 9.59 Å². The van der Waals surface area contributed by atoms with E-state index in [0.717, 1.165) is 0 Å². The van der Waals surface area contributed by atoms with Gasteiger partial charge in [0.05, 0.1) is 6.54 Å². The number of H-pyrrole nitrogens is 1. The second kappa shape index (κ2) is 4.38. The molecular weight excluding hydrogens is 188 g/mol. The fourth-order valence-electron chi connectivity index (χ4n) is 0.768. The molecular formula is C7H10N4O3. The summed E-state index contributed by atoms with van der Waals surface area (Å²) in [4.78, 5) is 21.6. The van der Waals surface area contributed by atoms with E-state index in [2.05, 4.69) is 15.5 Å². The number of nitrogens with one attached hydrogen (secondary N) is 2. The molecule has 2 amide bonds. The zero-order chi connectivity index (χ0) is 10.6. The van der Waals surface area contributed by atoms with Crippen LogP contribution >= 0.6 is 0 Å². The van der Waals surface area contributed by atoms with Gasteiger partial charge in [-0.1, -0.05) is 0 Å². The van der Waals surface area contributed by atoms with Crippen molar-refractivity contribution in [3.63, 3.8) is 0 Å². The predicted octanol–water partition coefficient (Wildman–Crippen LogP) is -2.01. The zero-order valence-corrected chi connectivity index (χ0v) is 7.23. The molecule has 0 saturated heterocycles. The molecule has 0 aliphatic heterocycles. The predicted molar refractivity (Wildman–Crippen MR) is 46.1 cm³/mol. The minimum Gasteiger partial charge on any atom is -0.381 e. The number of amides is 2. The van der Waals surface area contributed by atoms with Crippen LogP contribution in [0, 0.1) is 0 Å². The van der Waals surface area contributed by atoms with Crippen LogP contribution in [0.1, 0.15) is 10.5 Å². The van der Waals surface area contributed by atoms with E-state index < -0.39 is 17.9 Å². The average molecular weight is 198 g/mol. The minimum absolute atomic E-state index is 0.215. The SMILES string of the molecule is NC(=O)C(O)CNC(=O)c1ccn[nH]1. The molecule has 0 fully saturated rings. The first-order valence-electron chi connectivity index (χ1n) is 3.86. The summed E-state index contributed by atoms with van der Waals surface area (Å²) >= 11 is 0. The van der Waals surface area contributed by atoms with Gasteiger partial charge in [-0.05, 0) is 6.07 Å². The van der Waals surface area contributed by atoms with Crippen LogP contribution in [-0.4, -0.2) is 39.8 Å². The van der Waals surface area contributed by atoms with Gasteiger partial charge in [0.1, 0.15) is 11.8 Å². The number of nitrogens with two attached hydrogens (primary N) is 1. The van der Waals surface area contributed by atoms with Gasteiger partial charge in [0, 0.05) is 6.20 Å². The van der Waals surface area contributed by atoms with Crippen molar-refractivity contribution in [1.29, 1.82) is 0 Å². The number of aliphatic hydroxyl groups excluding tert-OH is 1. The summed E-state index contributed by atoms with van der Waals surface area (Å²) < 4.78 is 0. The third kappa shape index (κ3) is 2.56. The van der Waals surface area contributed by atoms with E-state index in [-0.39, 0.29) is 12.2 Å². The number of aromatic amines is 1. The van der Waals surface area contributed by atoms with Crippen LogP contribution in [0.15, 0.2) is 12.3 Å². The lowest BCUT2D eigenvalue weighted by atomic mass is 10.3. The number of hydrogen-bond donors (Lipinski definition) is 4. The number of nitrogens with zero attached hydrogens (tertiary/aromatic N) is 1. The first kappa shape index (κ1) is 10.2. The highest BCUT2D eigenvalue weighted by atomic mass is 16.3. The largest absolute Gasteiger partial charge is 0.381 e. The Labute approximate surface area is 79.3 Å². The molecule has 0 aliphatic carbocycles. The standard InChI is InChI=1S/C7H10N4O3/c8-6(13)5(12)3-9-7(14)4-1-2-10-11-4/h1-2,5,12H,3H2,(H2,8,13)(H,9,14)(H,10,11). The first-order chi connectivity index (χ1) is 6.61. The maximum absolute atomic E-state index is 11.2. The number of rotatable bonds is 4. The van der Waals surface area contributed by atoms with Gasteiger partial charge in [0.2, 0.25) is 5.91 Å². The average Bonchev–Trinajstić information content (AvgIpc) is 2.66. The number of carbonyl (C=O) groups is 2. The Balaban J connectivity index is 2.40. The molecule has 0 spiro atoms. The Kier molecular flexibility index (Phi) is 3.19. The Hall–Kier alpha value is -1.89. The zero-order valence-electron chi connectivity index (χ0n) is 7.23. The molecule has 1 heterocycles. The fraction of sp³-hybridized carbons (Fsp3) is 0.286. The topological polar surface area (TPSA) is 121 Å². The minimum atomic E-state index is -1.37. The van der Waals surface area contributed by atoms with Crippen molar-refractivity contribution in [2.75, 3.05) is 6.54 Å². The van der Waals surface area contributed by atoms with E-state index in [1.807, 2.05) is 0 Å². The summed E-state index contributed by atoms with van der Waals surface area (Å²) in [5, 5.41) is 17.3. The Morgan fingerprint density at radius 3 is 2.93 bits per heavy atom. The number of hydrogen-bond acceptors (Lipinski definition) is 4. The van der Waals surface area contributed by atoms with Gasteiger partial charge < -0.3 is 16.2 Å². The van der Waals surface area contributed by atoms with Gasteiger partial charge in [-0.2, -0.15) is 5.10 Å². The van der Waals surface area contributed by atoms with E-state index in [1.165, 1.54) is 12.3 Å². The van der Waals surface area contributed by atoms with Crippen LogP contribution in [-0.2, 0) is 4.79 Å². The van der Waals surface area contributed by atoms with Crippen LogP contribution in [0.25, 0.3) is 0 Å². The van der Waals surface area contributed by atoms with E-state index >= 15 is 0 Å². The molecule has 0 radical (unpaired) electrons. The monoisotopic (exact) mass is 198 g/mol. The molecule has 1 atom stereocenters. The van der Waals surface area contributed by atoms with Gasteiger partial charge in [-0.25, -0.2) is 0 Å². The fourth-order valence-corrected chi connectivity index (χ4v) is 0.768. The second-order valence-corrected chi connectivity index (χ2v) is 2.60. The normalized spacial score (nSPS) is 12.1. The third-order valence-corrected chi connectivity index (χ3v) is 1.53. The maximum Gasteiger partial charge on any atom is 0.269 e. The summed E-state index contributed by atoms with van der Waals surface area (Å²) in [6, 6.07) is 1.46. The molecule has 0 aliphatic rings. The lowest BCUT2D eigenvalue weighted by Gasteiger charge is -2.06. The van der Waals surface area contributed by atoms with Crippen LogP contribution in [0.4, 0.5) is 0 Å². The van der Waals surface area contributed by atoms with Gasteiger partial charge in [-0.15, -0.1) is 0 Å². The van der Waals surface area contributed by atoms with Gasteiger partial charge in [0.15, 0.2) is 0 Å². The lowest BCUT2D eigenvalue weighted by Crippen LogP contribution is -2.40. The Morgan fingerprint density at radius 1 is 1.71 bits per heavy atom. The third-order valence-electron chi connectivity index (χ3n) is 1.53. The molecule has 1 rings (SSSR count). The van der Waals surface area contributed by atoms with Crippen molar-refractivity contribution in [3.05, 3.63) is 18.0 Å². The van der Waals surface area contributed by atoms with Crippen molar-refractivity contribution in [3.8, 4) is 0 Å². The summed E-state index contributed by atoms with van der Waals surface area (Å²) in [6.45, 7) is -0.215. The van der Waals surface area contributed by atoms with E-state index in [0.29, 0.717) is 0 Å². The molecule has 14 heavy (non-hydrogen) atoms. The molecule has 76 valence electrons. The highest BCUT2D eigenvalue weighted by Crippen LogP contribution is 1.90. The van der Waals surface area contributed by atoms with Crippen LogP contribution < -0.4 is 11.1 Å². The second-order valence-electron chi connectivity index (χ2n) is 2.60. The molecule has 7 heteroatoms. The Morgan fingerprint density at radius 2 is 2.43 bits per heavy atom. The van der Waals surface area contributed by atoms with Crippen molar-refractivity contribution >= 4 is 11.8 Å². The number of aliphatic hydroxyl groups is 1. The smallest absolute Gasteiger partial charge is 0.269 e. The molecule has 1 aromatic heterocycles. The number of carbonyl (C=O) groups excluding carboxylic acids is 2. The molecule has 0 saturated carbocycles. The summed E-state index contributed by atoms with van der Waals surface area (Å²) in [5.74, 6) is -1.34. The summed E-state index contributed by atoms with van der Waals surface area (Å²) in [6.07, 6.45) is 0.0428. The Bertz CT molecular complexity index is 322. The van der Waals surface area contributed by atoms with Crippen molar-refractivity contribution < 1.29 is 14.7 Å². The van der Waals surface area contributed by atoms with Crippen molar-refractivity contribution in [2.24, 2.45) is 5.73 Å². The lowest BCUT2D eigenvalue weighted by molar-refractivity contribution is -0.125. The molecule has 7 nitrogen and oxygen atoms in total. The molecule has 0 aromatic carbocycles.